The molecule has 0 spiro atoms. The molecule has 11 heavy (non-hydrogen) atoms. The molecule has 0 saturated heterocycles. The van der Waals surface area contributed by atoms with Crippen LogP contribution in [0.25, 0.3) is 0 Å². The summed E-state index contributed by atoms with van der Waals surface area (Å²) in [6, 6.07) is 0. The molecule has 0 aliphatic heterocycles. The van der Waals surface area contributed by atoms with E-state index < -0.39 is 0 Å². The number of rotatable bonds is 3. The van der Waals surface area contributed by atoms with Crippen molar-refractivity contribution in [1.82, 2.24) is 0 Å². The molecular formula is C11H24. The van der Waals surface area contributed by atoms with Crippen molar-refractivity contribution in [3.63, 3.8) is 0 Å². The van der Waals surface area contributed by atoms with Gasteiger partial charge in [0.1, 0.15) is 0 Å². The summed E-state index contributed by atoms with van der Waals surface area (Å²) >= 11 is 0. The zero-order chi connectivity index (χ0) is 7.23. The van der Waals surface area contributed by atoms with Gasteiger partial charge in [-0.15, -0.1) is 0 Å². The summed E-state index contributed by atoms with van der Waals surface area (Å²) in [5.74, 6) is 1.11. The summed E-state index contributed by atoms with van der Waals surface area (Å²) in [6.45, 7) is 2.29. The Hall–Kier alpha value is 0. The predicted octanol–water partition coefficient (Wildman–Crippen LogP) is 4.39. The van der Waals surface area contributed by atoms with Crippen LogP contribution in [0.4, 0.5) is 0 Å². The largest absolute Gasteiger partial charge is 0.0776 e. The highest BCUT2D eigenvalue weighted by molar-refractivity contribution is 4.65. The molecule has 0 radical (unpaired) electrons. The van der Waals surface area contributed by atoms with Gasteiger partial charge in [-0.05, 0) is 5.92 Å². The van der Waals surface area contributed by atoms with Crippen LogP contribution in [0.5, 0.6) is 0 Å². The first-order valence-corrected chi connectivity index (χ1v) is 4.93. The van der Waals surface area contributed by atoms with E-state index in [9.17, 15) is 0 Å². The van der Waals surface area contributed by atoms with Gasteiger partial charge in [-0.1, -0.05) is 65.7 Å². The van der Waals surface area contributed by atoms with Crippen LogP contribution in [0.1, 0.15) is 65.7 Å². The molecule has 0 atom stereocenters. The summed E-state index contributed by atoms with van der Waals surface area (Å²) in [5, 5.41) is 0. The highest BCUT2D eigenvalue weighted by Crippen LogP contribution is 2.27. The van der Waals surface area contributed by atoms with Crippen molar-refractivity contribution in [2.45, 2.75) is 65.7 Å². The van der Waals surface area contributed by atoms with Crippen molar-refractivity contribution in [1.29, 1.82) is 0 Å². The van der Waals surface area contributed by atoms with Gasteiger partial charge >= 0.3 is 0 Å². The van der Waals surface area contributed by atoms with Crippen molar-refractivity contribution < 1.29 is 0 Å². The van der Waals surface area contributed by atoms with Crippen molar-refractivity contribution in [2.75, 3.05) is 0 Å². The fraction of sp³-hybridized carbons (Fsp3) is 1.00. The Morgan fingerprint density at radius 2 is 1.73 bits per heavy atom. The second-order valence-electron chi connectivity index (χ2n) is 3.65. The zero-order valence-electron chi connectivity index (χ0n) is 7.23. The van der Waals surface area contributed by atoms with Crippen LogP contribution >= 0.6 is 0 Å². The molecule has 0 aromatic rings. The number of hydrogen-bond donors (Lipinski definition) is 0. The Labute approximate surface area is 72.4 Å². The lowest BCUT2D eigenvalue weighted by atomic mass is 9.86. The third kappa shape index (κ3) is 4.44. The fourth-order valence-corrected chi connectivity index (χ4v) is 1.97. The second kappa shape index (κ2) is 6.69. The average Bonchev–Trinajstić information content (AvgIpc) is 2.03. The Bertz CT molecular complexity index is 70.1. The molecule has 0 bridgehead atoms. The van der Waals surface area contributed by atoms with E-state index in [2.05, 4.69) is 6.92 Å². The van der Waals surface area contributed by atoms with Gasteiger partial charge in [0, 0.05) is 0 Å². The van der Waals surface area contributed by atoms with E-state index in [1.807, 2.05) is 0 Å². The SMILES string of the molecule is C.CCCCC1CCCCC1. The molecule has 0 N–H and O–H groups in total. The van der Waals surface area contributed by atoms with Crippen molar-refractivity contribution >= 4 is 0 Å². The number of hydrogen-bond acceptors (Lipinski definition) is 0. The molecule has 0 aromatic heterocycles. The lowest BCUT2D eigenvalue weighted by Gasteiger charge is -2.20. The standard InChI is InChI=1S/C10H20.CH4/c1-2-3-7-10-8-5-4-6-9-10;/h10H,2-9H2,1H3;1H4. The maximum absolute atomic E-state index is 2.29. The summed E-state index contributed by atoms with van der Waals surface area (Å²) in [4.78, 5) is 0. The van der Waals surface area contributed by atoms with E-state index >= 15 is 0 Å². The summed E-state index contributed by atoms with van der Waals surface area (Å²) in [5.41, 5.74) is 0. The Morgan fingerprint density at radius 3 is 2.27 bits per heavy atom. The molecule has 1 fully saturated rings. The average molecular weight is 156 g/mol. The van der Waals surface area contributed by atoms with Gasteiger partial charge in [-0.25, -0.2) is 0 Å². The lowest BCUT2D eigenvalue weighted by Crippen LogP contribution is -2.05. The van der Waals surface area contributed by atoms with E-state index in [1.54, 1.807) is 0 Å². The van der Waals surface area contributed by atoms with Crippen LogP contribution in [0.2, 0.25) is 0 Å². The van der Waals surface area contributed by atoms with Crippen LogP contribution in [-0.2, 0) is 0 Å². The highest BCUT2D eigenvalue weighted by atomic mass is 14.2. The predicted molar refractivity (Wildman–Crippen MR) is 52.8 cm³/mol. The lowest BCUT2D eigenvalue weighted by molar-refractivity contribution is 0.331. The molecule has 1 rings (SSSR count). The summed E-state index contributed by atoms with van der Waals surface area (Å²) in [7, 11) is 0. The molecular weight excluding hydrogens is 132 g/mol. The molecule has 1 saturated carbocycles. The Morgan fingerprint density at radius 1 is 1.09 bits per heavy atom. The minimum Gasteiger partial charge on any atom is -0.0776 e. The summed E-state index contributed by atoms with van der Waals surface area (Å²) < 4.78 is 0. The normalized spacial score (nSPS) is 19.4. The van der Waals surface area contributed by atoms with Crippen molar-refractivity contribution in [3.05, 3.63) is 0 Å². The van der Waals surface area contributed by atoms with Gasteiger partial charge in [0.15, 0.2) is 0 Å². The fourth-order valence-electron chi connectivity index (χ4n) is 1.97. The minimum atomic E-state index is 0. The van der Waals surface area contributed by atoms with Crippen LogP contribution in [0.15, 0.2) is 0 Å². The first-order chi connectivity index (χ1) is 4.93. The first-order valence-electron chi connectivity index (χ1n) is 4.93. The van der Waals surface area contributed by atoms with Crippen molar-refractivity contribution in [2.24, 2.45) is 5.92 Å². The van der Waals surface area contributed by atoms with Gasteiger partial charge in [0.2, 0.25) is 0 Å². The minimum absolute atomic E-state index is 0. The van der Waals surface area contributed by atoms with Crippen LogP contribution < -0.4 is 0 Å². The molecule has 0 aromatic carbocycles. The van der Waals surface area contributed by atoms with E-state index in [4.69, 9.17) is 0 Å². The Kier molecular flexibility index (Phi) is 6.69. The molecule has 0 amide bonds. The van der Waals surface area contributed by atoms with Gasteiger partial charge in [-0.3, -0.25) is 0 Å². The maximum atomic E-state index is 2.29. The van der Waals surface area contributed by atoms with Gasteiger partial charge in [0.05, 0.1) is 0 Å². The number of unbranched alkanes of at least 4 members (excludes halogenated alkanes) is 1. The first kappa shape index (κ1) is 11.0. The van der Waals surface area contributed by atoms with Crippen molar-refractivity contribution in [3.8, 4) is 0 Å². The van der Waals surface area contributed by atoms with E-state index in [0.29, 0.717) is 0 Å². The molecule has 0 unspecified atom stereocenters. The molecule has 0 heteroatoms. The maximum Gasteiger partial charge on any atom is -0.0414 e. The van der Waals surface area contributed by atoms with Crippen LogP contribution in [0.3, 0.4) is 0 Å². The molecule has 1 aliphatic carbocycles. The monoisotopic (exact) mass is 156 g/mol. The topological polar surface area (TPSA) is 0 Å². The molecule has 0 nitrogen and oxygen atoms in total. The Balaban J connectivity index is 0.000001000. The van der Waals surface area contributed by atoms with Gasteiger partial charge in [0.25, 0.3) is 0 Å². The third-order valence-corrected chi connectivity index (χ3v) is 2.69. The van der Waals surface area contributed by atoms with Gasteiger partial charge in [-0.2, -0.15) is 0 Å². The summed E-state index contributed by atoms with van der Waals surface area (Å²) in [6.07, 6.45) is 11.9. The third-order valence-electron chi connectivity index (χ3n) is 2.69. The quantitative estimate of drug-likeness (QED) is 0.568. The van der Waals surface area contributed by atoms with E-state index in [1.165, 1.54) is 51.4 Å². The molecule has 1 aliphatic rings. The van der Waals surface area contributed by atoms with Gasteiger partial charge < -0.3 is 0 Å². The van der Waals surface area contributed by atoms with Crippen LogP contribution in [-0.4, -0.2) is 0 Å². The highest BCUT2D eigenvalue weighted by Gasteiger charge is 2.11. The van der Waals surface area contributed by atoms with Crippen LogP contribution in [0, 0.1) is 5.92 Å². The van der Waals surface area contributed by atoms with E-state index in [0.717, 1.165) is 5.92 Å². The molecule has 0 heterocycles. The molecule has 68 valence electrons. The smallest absolute Gasteiger partial charge is 0.0414 e. The van der Waals surface area contributed by atoms with E-state index in [-0.39, 0.29) is 7.43 Å². The second-order valence-corrected chi connectivity index (χ2v) is 3.65. The zero-order valence-corrected chi connectivity index (χ0v) is 7.23.